The summed E-state index contributed by atoms with van der Waals surface area (Å²) in [5, 5.41) is 4.32. The molecule has 5 rings (SSSR count). The number of halogens is 1. The molecule has 3 aliphatic heterocycles. The van der Waals surface area contributed by atoms with Crippen molar-refractivity contribution in [1.82, 2.24) is 10.2 Å². The third-order valence-electron chi connectivity index (χ3n) is 5.74. The lowest BCUT2D eigenvalue weighted by Gasteiger charge is -2.45. The van der Waals surface area contributed by atoms with Gasteiger partial charge in [0.1, 0.15) is 6.61 Å². The topological polar surface area (TPSA) is 33.7 Å². The molecule has 4 nitrogen and oxygen atoms in total. The van der Waals surface area contributed by atoms with Crippen LogP contribution in [0.5, 0.6) is 11.5 Å². The van der Waals surface area contributed by atoms with Crippen LogP contribution in [0.15, 0.2) is 42.5 Å². The van der Waals surface area contributed by atoms with Crippen molar-refractivity contribution in [3.63, 3.8) is 0 Å². The monoisotopic (exact) mass is 386 g/mol. The first-order chi connectivity index (χ1) is 13.2. The molecule has 0 radical (unpaired) electrons. The molecular formula is C22H27ClN2O2. The summed E-state index contributed by atoms with van der Waals surface area (Å²) in [4.78, 5) is 2.56. The number of fused-ring (bicyclic) bond motifs is 3. The molecular weight excluding hydrogens is 360 g/mol. The smallest absolute Gasteiger partial charge is 0.180 e. The van der Waals surface area contributed by atoms with Gasteiger partial charge in [0.15, 0.2) is 11.5 Å². The van der Waals surface area contributed by atoms with Gasteiger partial charge in [-0.15, -0.1) is 0 Å². The number of nitrogens with zero attached hydrogens (tertiary/aromatic N) is 1. The fraction of sp³-hybridized carbons (Fsp3) is 0.455. The van der Waals surface area contributed by atoms with Gasteiger partial charge in [-0.1, -0.05) is 41.9 Å². The van der Waals surface area contributed by atoms with Crippen molar-refractivity contribution in [3.8, 4) is 11.5 Å². The van der Waals surface area contributed by atoms with Crippen LogP contribution in [0.4, 0.5) is 0 Å². The quantitative estimate of drug-likeness (QED) is 0.776. The van der Waals surface area contributed by atoms with Crippen LogP contribution in [-0.2, 0) is 13.2 Å². The van der Waals surface area contributed by atoms with Gasteiger partial charge in [-0.2, -0.15) is 0 Å². The minimum absolute atomic E-state index is 0.466. The van der Waals surface area contributed by atoms with E-state index in [0.717, 1.165) is 30.1 Å². The summed E-state index contributed by atoms with van der Waals surface area (Å²) >= 11 is 6.52. The molecule has 1 unspecified atom stereocenters. The van der Waals surface area contributed by atoms with Gasteiger partial charge in [-0.3, -0.25) is 0 Å². The molecule has 2 bridgehead atoms. The van der Waals surface area contributed by atoms with E-state index in [4.69, 9.17) is 21.1 Å². The SMILES string of the molecule is COc1cc(CNC2CN3CCC2CC3)cc(Cl)c1OCc1ccccc1. The van der Waals surface area contributed by atoms with Crippen molar-refractivity contribution in [2.75, 3.05) is 26.7 Å². The summed E-state index contributed by atoms with van der Waals surface area (Å²) in [5.74, 6) is 2.10. The van der Waals surface area contributed by atoms with Crippen molar-refractivity contribution in [2.45, 2.75) is 32.0 Å². The normalized spacial score (nSPS) is 24.0. The molecule has 1 atom stereocenters. The second kappa shape index (κ2) is 8.51. The van der Waals surface area contributed by atoms with Gasteiger partial charge in [0.25, 0.3) is 0 Å². The van der Waals surface area contributed by atoms with Crippen LogP contribution in [0.1, 0.15) is 24.0 Å². The summed E-state index contributed by atoms with van der Waals surface area (Å²) in [6.45, 7) is 4.94. The lowest BCUT2D eigenvalue weighted by Crippen LogP contribution is -2.55. The summed E-state index contributed by atoms with van der Waals surface area (Å²) < 4.78 is 11.5. The number of benzene rings is 2. The second-order valence-corrected chi connectivity index (χ2v) is 7.92. The van der Waals surface area contributed by atoms with Crippen LogP contribution in [0.2, 0.25) is 5.02 Å². The van der Waals surface area contributed by atoms with Gasteiger partial charge in [-0.05, 0) is 55.1 Å². The number of methoxy groups -OCH3 is 1. The first kappa shape index (κ1) is 18.6. The summed E-state index contributed by atoms with van der Waals surface area (Å²) in [6, 6.07) is 14.7. The van der Waals surface area contributed by atoms with E-state index >= 15 is 0 Å². The van der Waals surface area contributed by atoms with E-state index in [-0.39, 0.29) is 0 Å². The standard InChI is InChI=1S/C22H27ClN2O2/c1-26-21-12-17(13-24-20-14-25-9-7-18(20)8-10-25)11-19(23)22(21)27-15-16-5-3-2-4-6-16/h2-6,11-12,18,20,24H,7-10,13-15H2,1H3. The maximum Gasteiger partial charge on any atom is 0.180 e. The Kier molecular flexibility index (Phi) is 5.86. The number of hydrogen-bond acceptors (Lipinski definition) is 4. The largest absolute Gasteiger partial charge is 0.493 e. The molecule has 0 amide bonds. The van der Waals surface area contributed by atoms with E-state index < -0.39 is 0 Å². The number of hydrogen-bond donors (Lipinski definition) is 1. The molecule has 27 heavy (non-hydrogen) atoms. The highest BCUT2D eigenvalue weighted by Gasteiger charge is 2.33. The molecule has 0 aromatic heterocycles. The maximum absolute atomic E-state index is 6.52. The number of nitrogens with one attached hydrogen (secondary N) is 1. The average molecular weight is 387 g/mol. The lowest BCUT2D eigenvalue weighted by molar-refractivity contribution is 0.0720. The number of piperidine rings is 3. The number of ether oxygens (including phenoxy) is 2. The fourth-order valence-corrected chi connectivity index (χ4v) is 4.48. The summed E-state index contributed by atoms with van der Waals surface area (Å²) in [6.07, 6.45) is 2.63. The predicted molar refractivity (Wildman–Crippen MR) is 109 cm³/mol. The van der Waals surface area contributed by atoms with E-state index in [1.165, 1.54) is 25.9 Å². The van der Waals surface area contributed by atoms with Crippen LogP contribution >= 0.6 is 11.6 Å². The van der Waals surface area contributed by atoms with Crippen LogP contribution in [-0.4, -0.2) is 37.7 Å². The highest BCUT2D eigenvalue weighted by atomic mass is 35.5. The molecule has 0 saturated carbocycles. The molecule has 2 aromatic carbocycles. The highest BCUT2D eigenvalue weighted by Crippen LogP contribution is 2.37. The molecule has 1 N–H and O–H groups in total. The zero-order chi connectivity index (χ0) is 18.6. The van der Waals surface area contributed by atoms with E-state index in [0.29, 0.717) is 29.2 Å². The molecule has 3 aliphatic rings. The molecule has 3 fully saturated rings. The van der Waals surface area contributed by atoms with Crippen molar-refractivity contribution in [3.05, 3.63) is 58.6 Å². The zero-order valence-electron chi connectivity index (χ0n) is 15.8. The van der Waals surface area contributed by atoms with Gasteiger partial charge in [0.05, 0.1) is 12.1 Å². The van der Waals surface area contributed by atoms with Crippen LogP contribution in [0, 0.1) is 5.92 Å². The van der Waals surface area contributed by atoms with Crippen molar-refractivity contribution in [2.24, 2.45) is 5.92 Å². The van der Waals surface area contributed by atoms with Gasteiger partial charge in [0, 0.05) is 19.1 Å². The van der Waals surface area contributed by atoms with E-state index in [9.17, 15) is 0 Å². The molecule has 2 aromatic rings. The van der Waals surface area contributed by atoms with Crippen LogP contribution < -0.4 is 14.8 Å². The van der Waals surface area contributed by atoms with Crippen molar-refractivity contribution < 1.29 is 9.47 Å². The molecule has 5 heteroatoms. The summed E-state index contributed by atoms with van der Waals surface area (Å²) in [5.41, 5.74) is 2.23. The number of rotatable bonds is 7. The molecule has 0 spiro atoms. The minimum atomic E-state index is 0.466. The second-order valence-electron chi connectivity index (χ2n) is 7.51. The van der Waals surface area contributed by atoms with E-state index in [1.807, 2.05) is 42.5 Å². The fourth-order valence-electron chi connectivity index (χ4n) is 4.19. The Labute approximate surface area is 166 Å². The van der Waals surface area contributed by atoms with E-state index in [2.05, 4.69) is 10.2 Å². The molecule has 3 saturated heterocycles. The Morgan fingerprint density at radius 1 is 1.11 bits per heavy atom. The Bertz CT molecular complexity index is 760. The third kappa shape index (κ3) is 4.40. The van der Waals surface area contributed by atoms with Crippen molar-refractivity contribution in [1.29, 1.82) is 0 Å². The van der Waals surface area contributed by atoms with E-state index in [1.54, 1.807) is 7.11 Å². The van der Waals surface area contributed by atoms with Crippen LogP contribution in [0.3, 0.4) is 0 Å². The Balaban J connectivity index is 1.41. The average Bonchev–Trinajstić information content (AvgIpc) is 2.72. The van der Waals surface area contributed by atoms with Crippen LogP contribution in [0.25, 0.3) is 0 Å². The van der Waals surface area contributed by atoms with Gasteiger partial charge < -0.3 is 19.7 Å². The Morgan fingerprint density at radius 3 is 2.56 bits per heavy atom. The molecule has 144 valence electrons. The molecule has 0 aliphatic carbocycles. The third-order valence-corrected chi connectivity index (χ3v) is 6.02. The predicted octanol–water partition coefficient (Wildman–Crippen LogP) is 4.11. The van der Waals surface area contributed by atoms with Gasteiger partial charge in [-0.25, -0.2) is 0 Å². The summed E-state index contributed by atoms with van der Waals surface area (Å²) in [7, 11) is 1.66. The van der Waals surface area contributed by atoms with Gasteiger partial charge in [0.2, 0.25) is 0 Å². The lowest BCUT2D eigenvalue weighted by atomic mass is 9.84. The Hall–Kier alpha value is -1.75. The zero-order valence-corrected chi connectivity index (χ0v) is 16.5. The first-order valence-corrected chi connectivity index (χ1v) is 10.1. The van der Waals surface area contributed by atoms with Crippen molar-refractivity contribution >= 4 is 11.6 Å². The van der Waals surface area contributed by atoms with Gasteiger partial charge >= 0.3 is 0 Å². The Morgan fingerprint density at radius 2 is 1.89 bits per heavy atom. The highest BCUT2D eigenvalue weighted by molar-refractivity contribution is 6.32. The first-order valence-electron chi connectivity index (χ1n) is 9.72. The molecule has 3 heterocycles. The minimum Gasteiger partial charge on any atom is -0.493 e. The maximum atomic E-state index is 6.52.